The normalized spacial score (nSPS) is 18.6. The Labute approximate surface area is 220 Å². The summed E-state index contributed by atoms with van der Waals surface area (Å²) in [5.74, 6) is -0.324. The van der Waals surface area contributed by atoms with Gasteiger partial charge in [0.05, 0.1) is 7.11 Å². The molecule has 0 radical (unpaired) electrons. The molecular weight excluding hydrogens is 471 g/mol. The second-order valence-corrected chi connectivity index (χ2v) is 10.7. The molecule has 202 valence electrons. The highest BCUT2D eigenvalue weighted by Gasteiger charge is 2.37. The number of aryl methyl sites for hydroxylation is 2. The van der Waals surface area contributed by atoms with Crippen molar-refractivity contribution in [3.63, 3.8) is 0 Å². The number of pyridine rings is 1. The molecule has 0 aliphatic carbocycles. The van der Waals surface area contributed by atoms with E-state index in [0.717, 1.165) is 62.3 Å². The lowest BCUT2D eigenvalue weighted by molar-refractivity contribution is -0.143. The van der Waals surface area contributed by atoms with E-state index in [1.165, 1.54) is 25.2 Å². The molecule has 0 spiro atoms. The van der Waals surface area contributed by atoms with E-state index in [1.54, 1.807) is 6.07 Å². The summed E-state index contributed by atoms with van der Waals surface area (Å²) in [4.78, 5) is 21.5. The number of carboxylic acid groups (broad SMARTS) is 1. The number of halogens is 1. The van der Waals surface area contributed by atoms with E-state index >= 15 is 0 Å². The molecule has 0 saturated carbocycles. The number of aromatic nitrogens is 1. The van der Waals surface area contributed by atoms with E-state index in [0.29, 0.717) is 18.7 Å². The van der Waals surface area contributed by atoms with Crippen molar-refractivity contribution in [3.05, 3.63) is 52.5 Å². The third-order valence-electron chi connectivity index (χ3n) is 7.82. The van der Waals surface area contributed by atoms with E-state index in [1.807, 2.05) is 18.7 Å². The molecule has 0 bridgehead atoms. The van der Waals surface area contributed by atoms with Gasteiger partial charge in [-0.05, 0) is 87.4 Å². The molecule has 8 heteroatoms. The zero-order valence-corrected chi connectivity index (χ0v) is 22.6. The molecule has 1 aromatic heterocycles. The predicted molar refractivity (Wildman–Crippen MR) is 144 cm³/mol. The first kappa shape index (κ1) is 27.3. The van der Waals surface area contributed by atoms with Crippen molar-refractivity contribution in [2.45, 2.75) is 70.4 Å². The van der Waals surface area contributed by atoms with Crippen molar-refractivity contribution in [2.75, 3.05) is 45.7 Å². The lowest BCUT2D eigenvalue weighted by atomic mass is 9.95. The van der Waals surface area contributed by atoms with Crippen LogP contribution >= 0.6 is 0 Å². The smallest absolute Gasteiger partial charge is 0.325 e. The van der Waals surface area contributed by atoms with Gasteiger partial charge in [0.15, 0.2) is 11.6 Å². The highest BCUT2D eigenvalue weighted by atomic mass is 19.1. The summed E-state index contributed by atoms with van der Waals surface area (Å²) in [6, 6.07) is 6.93. The van der Waals surface area contributed by atoms with Crippen LogP contribution in [-0.2, 0) is 17.6 Å². The maximum absolute atomic E-state index is 14.8. The summed E-state index contributed by atoms with van der Waals surface area (Å²) in [6.45, 7) is 7.16. The number of unbranched alkanes of at least 4 members (excludes halogenated alkanes) is 1. The molecule has 3 heterocycles. The summed E-state index contributed by atoms with van der Waals surface area (Å²) in [5.41, 5.74) is 3.62. The molecule has 2 N–H and O–H groups in total. The second kappa shape index (κ2) is 12.2. The van der Waals surface area contributed by atoms with Gasteiger partial charge < -0.3 is 20.1 Å². The number of benzene rings is 1. The number of methoxy groups -OCH3 is 1. The summed E-state index contributed by atoms with van der Waals surface area (Å²) in [6.07, 6.45) is 6.22. The molecule has 7 nitrogen and oxygen atoms in total. The zero-order valence-electron chi connectivity index (χ0n) is 22.6. The summed E-state index contributed by atoms with van der Waals surface area (Å²) in [5, 5.41) is 13.6. The molecule has 2 aliphatic heterocycles. The fraction of sp³-hybridized carbons (Fsp3) is 0.586. The highest BCUT2D eigenvalue weighted by molar-refractivity contribution is 5.77. The number of fused-ring (bicyclic) bond motifs is 1. The number of hydrogen-bond acceptors (Lipinski definition) is 6. The number of carbonyl (C=O) groups is 1. The van der Waals surface area contributed by atoms with Gasteiger partial charge in [0.1, 0.15) is 11.9 Å². The average molecular weight is 513 g/mol. The molecule has 1 saturated heterocycles. The Hall–Kier alpha value is -2.71. The molecule has 37 heavy (non-hydrogen) atoms. The third kappa shape index (κ3) is 6.41. The largest absolute Gasteiger partial charge is 0.493 e. The van der Waals surface area contributed by atoms with E-state index in [-0.39, 0.29) is 17.7 Å². The fourth-order valence-electron chi connectivity index (χ4n) is 5.59. The van der Waals surface area contributed by atoms with Gasteiger partial charge in [-0.25, -0.2) is 9.37 Å². The van der Waals surface area contributed by atoms with Crippen molar-refractivity contribution in [3.8, 4) is 5.75 Å². The molecule has 1 aromatic carbocycles. The second-order valence-electron chi connectivity index (χ2n) is 10.7. The Balaban J connectivity index is 1.34. The SMILES string of the molecule is COc1c(F)cc(C(C)C)cc1[C@@H](C(=O)O)N1CC[C@@H](N(C)CCCCc2ccc3c(n2)NCCC3)C1. The number of anilines is 1. The van der Waals surface area contributed by atoms with Crippen molar-refractivity contribution in [1.82, 2.24) is 14.8 Å². The number of rotatable bonds is 11. The molecule has 2 aliphatic rings. The molecule has 1 fully saturated rings. The first-order chi connectivity index (χ1) is 17.8. The number of nitrogens with zero attached hydrogens (tertiary/aromatic N) is 3. The van der Waals surface area contributed by atoms with Gasteiger partial charge in [0, 0.05) is 36.9 Å². The van der Waals surface area contributed by atoms with Crippen LogP contribution in [0.4, 0.5) is 10.2 Å². The number of ether oxygens (including phenoxy) is 1. The van der Waals surface area contributed by atoms with Crippen LogP contribution in [0, 0.1) is 5.82 Å². The van der Waals surface area contributed by atoms with Crippen LogP contribution in [0.1, 0.15) is 73.9 Å². The predicted octanol–water partition coefficient (Wildman–Crippen LogP) is 4.87. The van der Waals surface area contributed by atoms with Crippen molar-refractivity contribution < 1.29 is 19.0 Å². The number of hydrogen-bond donors (Lipinski definition) is 2. The number of carboxylic acids is 1. The van der Waals surface area contributed by atoms with Crippen LogP contribution in [-0.4, -0.2) is 72.2 Å². The molecule has 2 atom stereocenters. The van der Waals surface area contributed by atoms with Crippen LogP contribution in [0.15, 0.2) is 24.3 Å². The maximum atomic E-state index is 14.8. The minimum Gasteiger partial charge on any atom is -0.493 e. The minimum atomic E-state index is -0.978. The molecule has 0 amide bonds. The Morgan fingerprint density at radius 1 is 1.32 bits per heavy atom. The quantitative estimate of drug-likeness (QED) is 0.416. The fourth-order valence-corrected chi connectivity index (χ4v) is 5.59. The van der Waals surface area contributed by atoms with Gasteiger partial charge in [0.25, 0.3) is 0 Å². The van der Waals surface area contributed by atoms with Crippen LogP contribution in [0.2, 0.25) is 0 Å². The first-order valence-corrected chi connectivity index (χ1v) is 13.6. The van der Waals surface area contributed by atoms with E-state index in [9.17, 15) is 14.3 Å². The average Bonchev–Trinajstić information content (AvgIpc) is 3.36. The Kier molecular flexibility index (Phi) is 9.03. The topological polar surface area (TPSA) is 77.9 Å². The lowest BCUT2D eigenvalue weighted by Crippen LogP contribution is -2.38. The maximum Gasteiger partial charge on any atom is 0.325 e. The van der Waals surface area contributed by atoms with Crippen LogP contribution < -0.4 is 10.1 Å². The minimum absolute atomic E-state index is 0.0274. The van der Waals surface area contributed by atoms with E-state index in [2.05, 4.69) is 29.4 Å². The number of likely N-dealkylation sites (tertiary alicyclic amines) is 1. The van der Waals surface area contributed by atoms with E-state index in [4.69, 9.17) is 9.72 Å². The van der Waals surface area contributed by atoms with Crippen LogP contribution in [0.3, 0.4) is 0 Å². The lowest BCUT2D eigenvalue weighted by Gasteiger charge is -2.29. The zero-order chi connectivity index (χ0) is 26.5. The van der Waals surface area contributed by atoms with Gasteiger partial charge in [-0.2, -0.15) is 0 Å². The molecule has 2 aromatic rings. The number of likely N-dealkylation sites (N-methyl/N-ethyl adjacent to an activating group) is 1. The Bertz CT molecular complexity index is 1090. The number of aliphatic carboxylic acids is 1. The standard InChI is InChI=1S/C29H41FN4O3/c1-19(2)21-16-24(27(37-4)25(30)17-21)26(29(35)36)34-15-12-23(18-34)33(3)14-6-5-9-22-11-10-20-8-7-13-31-28(20)32-22/h10-11,16-17,19,23,26H,5-9,12-15,18H2,1-4H3,(H,31,32)(H,35,36)/t23-,26+/m1/s1. The number of nitrogens with one attached hydrogen (secondary N) is 1. The van der Waals surface area contributed by atoms with Gasteiger partial charge >= 0.3 is 5.97 Å². The van der Waals surface area contributed by atoms with Crippen LogP contribution in [0.5, 0.6) is 5.75 Å². The summed E-state index contributed by atoms with van der Waals surface area (Å²) >= 11 is 0. The molecule has 0 unspecified atom stereocenters. The van der Waals surface area contributed by atoms with Gasteiger partial charge in [-0.3, -0.25) is 9.69 Å². The van der Waals surface area contributed by atoms with Gasteiger partial charge in [-0.1, -0.05) is 19.9 Å². The monoisotopic (exact) mass is 512 g/mol. The Morgan fingerprint density at radius 3 is 2.86 bits per heavy atom. The summed E-state index contributed by atoms with van der Waals surface area (Å²) < 4.78 is 20.1. The van der Waals surface area contributed by atoms with Gasteiger partial charge in [0.2, 0.25) is 0 Å². The van der Waals surface area contributed by atoms with Crippen molar-refractivity contribution >= 4 is 11.8 Å². The molecule has 4 rings (SSSR count). The van der Waals surface area contributed by atoms with Gasteiger partial charge in [-0.15, -0.1) is 0 Å². The van der Waals surface area contributed by atoms with E-state index < -0.39 is 17.8 Å². The Morgan fingerprint density at radius 2 is 2.14 bits per heavy atom. The summed E-state index contributed by atoms with van der Waals surface area (Å²) in [7, 11) is 3.51. The van der Waals surface area contributed by atoms with Crippen molar-refractivity contribution in [1.29, 1.82) is 0 Å². The van der Waals surface area contributed by atoms with Crippen LogP contribution in [0.25, 0.3) is 0 Å². The van der Waals surface area contributed by atoms with Crippen molar-refractivity contribution in [2.24, 2.45) is 0 Å². The third-order valence-corrected chi connectivity index (χ3v) is 7.82. The first-order valence-electron chi connectivity index (χ1n) is 13.6. The highest BCUT2D eigenvalue weighted by Crippen LogP contribution is 2.37. The molecular formula is C29H41FN4O3.